The van der Waals surface area contributed by atoms with E-state index in [4.69, 9.17) is 9.15 Å². The molecule has 0 radical (unpaired) electrons. The highest BCUT2D eigenvalue weighted by Gasteiger charge is 2.34. The van der Waals surface area contributed by atoms with E-state index in [1.165, 1.54) is 19.2 Å². The molecule has 1 aliphatic rings. The number of rotatable bonds is 9. The smallest absolute Gasteiger partial charge is 0.287 e. The predicted molar refractivity (Wildman–Crippen MR) is 145 cm³/mol. The number of halogens is 1. The first-order valence-electron chi connectivity index (χ1n) is 12.9. The molecule has 2 N–H and O–H groups in total. The van der Waals surface area contributed by atoms with Crippen LogP contribution in [0.5, 0.6) is 5.75 Å². The van der Waals surface area contributed by atoms with E-state index in [2.05, 4.69) is 10.6 Å². The van der Waals surface area contributed by atoms with Gasteiger partial charge in [0.1, 0.15) is 23.2 Å². The second-order valence-corrected chi connectivity index (χ2v) is 12.1. The number of carbonyl (C=O) groups is 3. The van der Waals surface area contributed by atoms with Gasteiger partial charge in [-0.2, -0.15) is 4.31 Å². The van der Waals surface area contributed by atoms with Crippen molar-refractivity contribution in [3.63, 3.8) is 0 Å². The second kappa shape index (κ2) is 12.2. The molecule has 0 spiro atoms. The molecule has 40 heavy (non-hydrogen) atoms. The molecule has 0 aliphatic carbocycles. The lowest BCUT2D eigenvalue weighted by Crippen LogP contribution is -2.52. The molecular formula is C28H32FN3O7S. The summed E-state index contributed by atoms with van der Waals surface area (Å²) in [6, 6.07) is 9.36. The van der Waals surface area contributed by atoms with Gasteiger partial charge in [-0.1, -0.05) is 19.9 Å². The maximum atomic E-state index is 13.6. The van der Waals surface area contributed by atoms with E-state index in [-0.39, 0.29) is 29.5 Å². The lowest BCUT2D eigenvalue weighted by atomic mass is 10.0. The van der Waals surface area contributed by atoms with Crippen molar-refractivity contribution in [2.75, 3.05) is 20.2 Å². The zero-order valence-electron chi connectivity index (χ0n) is 22.5. The molecule has 0 bridgehead atoms. The molecular weight excluding hydrogens is 541 g/mol. The number of amides is 2. The van der Waals surface area contributed by atoms with Crippen LogP contribution in [0.2, 0.25) is 0 Å². The Bertz CT molecular complexity index is 1520. The third kappa shape index (κ3) is 6.68. The predicted octanol–water partition coefficient (Wildman–Crippen LogP) is 3.26. The summed E-state index contributed by atoms with van der Waals surface area (Å²) < 4.78 is 51.5. The Morgan fingerprint density at radius 2 is 1.95 bits per heavy atom. The van der Waals surface area contributed by atoms with Crippen molar-refractivity contribution in [2.45, 2.75) is 50.1 Å². The third-order valence-corrected chi connectivity index (χ3v) is 8.49. The van der Waals surface area contributed by atoms with Crippen LogP contribution in [0.15, 0.2) is 57.8 Å². The molecule has 10 nitrogen and oxygen atoms in total. The van der Waals surface area contributed by atoms with Gasteiger partial charge in [0.2, 0.25) is 15.9 Å². The average Bonchev–Trinajstić information content (AvgIpc) is 3.25. The Morgan fingerprint density at radius 3 is 2.65 bits per heavy atom. The van der Waals surface area contributed by atoms with E-state index in [9.17, 15) is 27.2 Å². The number of sulfonamides is 1. The van der Waals surface area contributed by atoms with Crippen LogP contribution in [0.1, 0.15) is 43.7 Å². The van der Waals surface area contributed by atoms with Gasteiger partial charge in [-0.3, -0.25) is 14.4 Å². The second-order valence-electron chi connectivity index (χ2n) is 10.1. The van der Waals surface area contributed by atoms with Crippen LogP contribution in [0.3, 0.4) is 0 Å². The standard InChI is InChI=1S/C28H32FN3O7S/c1-17(2)12-23(31-28(35)26-14-18-13-20(38-3)9-10-25(18)39-26)27(34)30-22-8-5-11-32(16-24(22)33)40(36,37)21-7-4-6-19(29)15-21/h4,6-7,9-10,13-15,17,22-23H,5,8,11-12,16H2,1-3H3,(H,30,34)(H,31,35)/t22-,23?/m0/s1. The number of furan rings is 1. The van der Waals surface area contributed by atoms with Crippen molar-refractivity contribution in [2.24, 2.45) is 5.92 Å². The summed E-state index contributed by atoms with van der Waals surface area (Å²) in [5.74, 6) is -1.68. The number of nitrogens with one attached hydrogen (secondary N) is 2. The lowest BCUT2D eigenvalue weighted by Gasteiger charge is -2.23. The van der Waals surface area contributed by atoms with Crippen LogP contribution in [0, 0.1) is 11.7 Å². The van der Waals surface area contributed by atoms with Gasteiger partial charge < -0.3 is 19.8 Å². The monoisotopic (exact) mass is 573 g/mol. The summed E-state index contributed by atoms with van der Waals surface area (Å²) in [5.41, 5.74) is 0.484. The minimum atomic E-state index is -4.10. The molecule has 1 aliphatic heterocycles. The van der Waals surface area contributed by atoms with Crippen LogP contribution in [0.4, 0.5) is 4.39 Å². The van der Waals surface area contributed by atoms with Crippen molar-refractivity contribution >= 4 is 38.6 Å². The molecule has 2 heterocycles. The highest BCUT2D eigenvalue weighted by Crippen LogP contribution is 2.25. The number of fused-ring (bicyclic) bond motifs is 1. The number of nitrogens with zero attached hydrogens (tertiary/aromatic N) is 1. The Hall–Kier alpha value is -3.77. The molecule has 0 saturated carbocycles. The molecule has 1 saturated heterocycles. The van der Waals surface area contributed by atoms with E-state index in [1.54, 1.807) is 24.3 Å². The Labute approximate surface area is 231 Å². The minimum absolute atomic E-state index is 0.0218. The Balaban J connectivity index is 1.45. The number of hydrogen-bond acceptors (Lipinski definition) is 7. The van der Waals surface area contributed by atoms with Gasteiger partial charge in [0.05, 0.1) is 24.6 Å². The van der Waals surface area contributed by atoms with Gasteiger partial charge in [-0.05, 0) is 67.6 Å². The number of benzene rings is 2. The summed E-state index contributed by atoms with van der Waals surface area (Å²) >= 11 is 0. The van der Waals surface area contributed by atoms with Gasteiger partial charge in [0.15, 0.2) is 11.5 Å². The van der Waals surface area contributed by atoms with Gasteiger partial charge >= 0.3 is 0 Å². The van der Waals surface area contributed by atoms with E-state index < -0.39 is 52.1 Å². The zero-order chi connectivity index (χ0) is 29.0. The number of ether oxygens (including phenoxy) is 1. The fraction of sp³-hybridized carbons (Fsp3) is 0.393. The maximum Gasteiger partial charge on any atom is 0.287 e. The normalized spacial score (nSPS) is 17.4. The molecule has 2 amide bonds. The highest BCUT2D eigenvalue weighted by atomic mass is 32.2. The molecule has 2 aromatic carbocycles. The van der Waals surface area contributed by atoms with E-state index >= 15 is 0 Å². The lowest BCUT2D eigenvalue weighted by molar-refractivity contribution is -0.129. The molecule has 214 valence electrons. The fourth-order valence-corrected chi connectivity index (χ4v) is 6.07. The summed E-state index contributed by atoms with van der Waals surface area (Å²) in [4.78, 5) is 39.1. The van der Waals surface area contributed by atoms with Crippen molar-refractivity contribution in [1.82, 2.24) is 14.9 Å². The average molecular weight is 574 g/mol. The maximum absolute atomic E-state index is 13.6. The number of hydrogen-bond donors (Lipinski definition) is 2. The van der Waals surface area contributed by atoms with Gasteiger partial charge in [0, 0.05) is 11.9 Å². The molecule has 2 atom stereocenters. The van der Waals surface area contributed by atoms with Gasteiger partial charge in [0.25, 0.3) is 5.91 Å². The van der Waals surface area contributed by atoms with Crippen molar-refractivity contribution in [3.05, 3.63) is 60.1 Å². The highest BCUT2D eigenvalue weighted by molar-refractivity contribution is 7.89. The van der Waals surface area contributed by atoms with Crippen molar-refractivity contribution < 1.29 is 36.3 Å². The first-order chi connectivity index (χ1) is 19.0. The summed E-state index contributed by atoms with van der Waals surface area (Å²) in [5, 5.41) is 6.07. The van der Waals surface area contributed by atoms with Crippen LogP contribution >= 0.6 is 0 Å². The summed E-state index contributed by atoms with van der Waals surface area (Å²) in [7, 11) is -2.57. The Morgan fingerprint density at radius 1 is 1.18 bits per heavy atom. The van der Waals surface area contributed by atoms with Crippen LogP contribution in [0.25, 0.3) is 11.0 Å². The summed E-state index contributed by atoms with van der Waals surface area (Å²) in [6.07, 6.45) is 0.814. The minimum Gasteiger partial charge on any atom is -0.497 e. The largest absolute Gasteiger partial charge is 0.497 e. The molecule has 4 rings (SSSR count). The molecule has 12 heteroatoms. The first kappa shape index (κ1) is 29.2. The number of carbonyl (C=O) groups excluding carboxylic acids is 3. The topological polar surface area (TPSA) is 135 Å². The van der Waals surface area contributed by atoms with E-state index in [1.807, 2.05) is 13.8 Å². The Kier molecular flexibility index (Phi) is 8.89. The quantitative estimate of drug-likeness (QED) is 0.401. The number of methoxy groups -OCH3 is 1. The number of Topliss-reactive ketones (excluding diaryl/α,β-unsaturated/α-hetero) is 1. The molecule has 1 aromatic heterocycles. The molecule has 1 fully saturated rings. The van der Waals surface area contributed by atoms with Gasteiger partial charge in [-0.25, -0.2) is 12.8 Å². The fourth-order valence-electron chi connectivity index (χ4n) is 4.60. The van der Waals surface area contributed by atoms with Crippen LogP contribution < -0.4 is 15.4 Å². The van der Waals surface area contributed by atoms with E-state index in [0.29, 0.717) is 29.6 Å². The van der Waals surface area contributed by atoms with Gasteiger partial charge in [-0.15, -0.1) is 0 Å². The first-order valence-corrected chi connectivity index (χ1v) is 14.4. The van der Waals surface area contributed by atoms with Crippen LogP contribution in [-0.2, 0) is 19.6 Å². The third-order valence-electron chi connectivity index (χ3n) is 6.65. The number of ketones is 1. The van der Waals surface area contributed by atoms with Crippen molar-refractivity contribution in [1.29, 1.82) is 0 Å². The van der Waals surface area contributed by atoms with E-state index in [0.717, 1.165) is 16.4 Å². The SMILES string of the molecule is COc1ccc2oc(C(=O)NC(CC(C)C)C(=O)N[C@H]3CCCN(S(=O)(=O)c4cccc(F)c4)CC3=O)cc2c1. The summed E-state index contributed by atoms with van der Waals surface area (Å²) in [6.45, 7) is 3.37. The van der Waals surface area contributed by atoms with Crippen molar-refractivity contribution in [3.8, 4) is 5.75 Å². The zero-order valence-corrected chi connectivity index (χ0v) is 23.3. The molecule has 1 unspecified atom stereocenters. The molecule has 3 aromatic rings. The van der Waals surface area contributed by atoms with Crippen LogP contribution in [-0.4, -0.2) is 62.6 Å².